The van der Waals surface area contributed by atoms with Crippen molar-refractivity contribution in [1.82, 2.24) is 20.3 Å². The second-order valence-electron chi connectivity index (χ2n) is 6.11. The number of thioether (sulfide) groups is 1. The molecule has 2 aromatic heterocycles. The fraction of sp³-hybridized carbons (Fsp3) is 0.333. The summed E-state index contributed by atoms with van der Waals surface area (Å²) in [5.41, 5.74) is 0.996. The Hall–Kier alpha value is -2.19. The number of rotatable bonds is 5. The third kappa shape index (κ3) is 4.13. The van der Waals surface area contributed by atoms with Gasteiger partial charge < -0.3 is 10.2 Å². The van der Waals surface area contributed by atoms with E-state index in [2.05, 4.69) is 31.2 Å². The minimum Gasteiger partial charge on any atom is -0.353 e. The van der Waals surface area contributed by atoms with Gasteiger partial charge in [-0.3, -0.25) is 4.79 Å². The molecule has 0 radical (unpaired) electrons. The molecular weight excluding hydrogens is 366 g/mol. The van der Waals surface area contributed by atoms with E-state index >= 15 is 0 Å². The summed E-state index contributed by atoms with van der Waals surface area (Å²) >= 11 is 3.14. The van der Waals surface area contributed by atoms with Gasteiger partial charge in [-0.1, -0.05) is 23.9 Å². The SMILES string of the molecule is O=C(CSc1nc2ccccc2s1)NC1CCN(c2ncccn2)CC1. The highest BCUT2D eigenvalue weighted by atomic mass is 32.2. The van der Waals surface area contributed by atoms with Crippen molar-refractivity contribution in [3.63, 3.8) is 0 Å². The van der Waals surface area contributed by atoms with Crippen molar-refractivity contribution < 1.29 is 4.79 Å². The van der Waals surface area contributed by atoms with Gasteiger partial charge in [-0.2, -0.15) is 0 Å². The number of nitrogens with one attached hydrogen (secondary N) is 1. The van der Waals surface area contributed by atoms with Crippen LogP contribution in [-0.2, 0) is 4.79 Å². The quantitative estimate of drug-likeness (QED) is 0.681. The number of thiazole rings is 1. The van der Waals surface area contributed by atoms with E-state index in [0.29, 0.717) is 5.75 Å². The predicted molar refractivity (Wildman–Crippen MR) is 106 cm³/mol. The average molecular weight is 386 g/mol. The average Bonchev–Trinajstić information content (AvgIpc) is 3.11. The smallest absolute Gasteiger partial charge is 0.230 e. The molecule has 1 aliphatic heterocycles. The zero-order valence-electron chi connectivity index (χ0n) is 14.2. The summed E-state index contributed by atoms with van der Waals surface area (Å²) in [4.78, 5) is 27.6. The molecule has 6 nitrogen and oxygen atoms in total. The third-order valence-electron chi connectivity index (χ3n) is 4.30. The molecule has 26 heavy (non-hydrogen) atoms. The first-order valence-corrected chi connectivity index (χ1v) is 10.4. The standard InChI is InChI=1S/C18H19N5OS2/c24-16(12-25-18-22-14-4-1-2-5-15(14)26-18)21-13-6-10-23(11-7-13)17-19-8-3-9-20-17/h1-5,8-9,13H,6-7,10-12H2,(H,21,24). The van der Waals surface area contributed by atoms with Crippen LogP contribution in [0, 0.1) is 0 Å². The van der Waals surface area contributed by atoms with Crippen LogP contribution in [0.2, 0.25) is 0 Å². The molecule has 3 heterocycles. The Morgan fingerprint density at radius 3 is 2.73 bits per heavy atom. The van der Waals surface area contributed by atoms with E-state index in [1.165, 1.54) is 11.8 Å². The molecule has 0 saturated carbocycles. The second-order valence-corrected chi connectivity index (χ2v) is 8.37. The first-order chi connectivity index (χ1) is 12.8. The van der Waals surface area contributed by atoms with Crippen LogP contribution in [0.25, 0.3) is 10.2 Å². The normalized spacial score (nSPS) is 15.3. The number of aromatic nitrogens is 3. The van der Waals surface area contributed by atoms with E-state index in [0.717, 1.165) is 46.4 Å². The van der Waals surface area contributed by atoms with Gasteiger partial charge in [-0.25, -0.2) is 15.0 Å². The van der Waals surface area contributed by atoms with Gasteiger partial charge in [0.1, 0.15) is 0 Å². The van der Waals surface area contributed by atoms with Crippen molar-refractivity contribution in [3.05, 3.63) is 42.7 Å². The summed E-state index contributed by atoms with van der Waals surface area (Å²) in [5.74, 6) is 1.24. The number of carbonyl (C=O) groups is 1. The number of fused-ring (bicyclic) bond motifs is 1. The molecule has 4 rings (SSSR count). The highest BCUT2D eigenvalue weighted by Gasteiger charge is 2.22. The zero-order chi connectivity index (χ0) is 17.8. The molecule has 8 heteroatoms. The van der Waals surface area contributed by atoms with Crippen LogP contribution in [-0.4, -0.2) is 45.7 Å². The van der Waals surface area contributed by atoms with Gasteiger partial charge in [-0.15, -0.1) is 11.3 Å². The van der Waals surface area contributed by atoms with Crippen molar-refractivity contribution in [2.45, 2.75) is 23.2 Å². The number of carbonyl (C=O) groups excluding carboxylic acids is 1. The van der Waals surface area contributed by atoms with Crippen LogP contribution in [0.4, 0.5) is 5.95 Å². The van der Waals surface area contributed by atoms with E-state index in [9.17, 15) is 4.79 Å². The van der Waals surface area contributed by atoms with E-state index in [1.807, 2.05) is 24.3 Å². The van der Waals surface area contributed by atoms with E-state index in [-0.39, 0.29) is 11.9 Å². The summed E-state index contributed by atoms with van der Waals surface area (Å²) in [5, 5.41) is 3.14. The topological polar surface area (TPSA) is 71.0 Å². The number of anilines is 1. The van der Waals surface area contributed by atoms with Crippen LogP contribution in [0.5, 0.6) is 0 Å². The molecule has 1 aliphatic rings. The number of para-hydroxylation sites is 1. The number of hydrogen-bond donors (Lipinski definition) is 1. The molecule has 1 amide bonds. The Labute approximate surface area is 160 Å². The largest absolute Gasteiger partial charge is 0.353 e. The Bertz CT molecular complexity index is 844. The minimum absolute atomic E-state index is 0.0728. The molecule has 3 aromatic rings. The lowest BCUT2D eigenvalue weighted by molar-refractivity contribution is -0.119. The lowest BCUT2D eigenvalue weighted by Gasteiger charge is -2.32. The molecule has 1 saturated heterocycles. The monoisotopic (exact) mass is 385 g/mol. The molecule has 0 atom stereocenters. The van der Waals surface area contributed by atoms with Crippen LogP contribution in [0.15, 0.2) is 47.1 Å². The van der Waals surface area contributed by atoms with Crippen LogP contribution >= 0.6 is 23.1 Å². The van der Waals surface area contributed by atoms with Gasteiger partial charge in [0.25, 0.3) is 0 Å². The summed E-state index contributed by atoms with van der Waals surface area (Å²) < 4.78 is 2.10. The number of nitrogens with zero attached hydrogens (tertiary/aromatic N) is 4. The Morgan fingerprint density at radius 2 is 1.96 bits per heavy atom. The fourth-order valence-corrected chi connectivity index (χ4v) is 4.87. The second kappa shape index (κ2) is 8.01. The molecule has 0 unspecified atom stereocenters. The molecule has 0 aliphatic carbocycles. The number of amides is 1. The van der Waals surface area contributed by atoms with E-state index in [4.69, 9.17) is 0 Å². The minimum atomic E-state index is 0.0728. The summed E-state index contributed by atoms with van der Waals surface area (Å²) in [7, 11) is 0. The summed E-state index contributed by atoms with van der Waals surface area (Å²) in [6.07, 6.45) is 5.34. The predicted octanol–water partition coefficient (Wildman–Crippen LogP) is 2.96. The van der Waals surface area contributed by atoms with Gasteiger partial charge in [0, 0.05) is 31.5 Å². The Morgan fingerprint density at radius 1 is 1.19 bits per heavy atom. The first-order valence-electron chi connectivity index (χ1n) is 8.57. The maximum Gasteiger partial charge on any atom is 0.230 e. The molecule has 1 N–H and O–H groups in total. The number of piperidine rings is 1. The molecular formula is C18H19N5OS2. The number of benzene rings is 1. The molecule has 0 spiro atoms. The lowest BCUT2D eigenvalue weighted by atomic mass is 10.1. The van der Waals surface area contributed by atoms with Crippen LogP contribution in [0.3, 0.4) is 0 Å². The summed E-state index contributed by atoms with van der Waals surface area (Å²) in [6.45, 7) is 1.72. The molecule has 0 bridgehead atoms. The zero-order valence-corrected chi connectivity index (χ0v) is 15.8. The lowest BCUT2D eigenvalue weighted by Crippen LogP contribution is -2.45. The first kappa shape index (κ1) is 17.2. The van der Waals surface area contributed by atoms with Gasteiger partial charge in [0.05, 0.1) is 16.0 Å². The van der Waals surface area contributed by atoms with Crippen LogP contribution < -0.4 is 10.2 Å². The Kier molecular flexibility index (Phi) is 5.31. The van der Waals surface area contributed by atoms with Gasteiger partial charge in [0.15, 0.2) is 4.34 Å². The third-order valence-corrected chi connectivity index (χ3v) is 6.48. The maximum absolute atomic E-state index is 12.3. The van der Waals surface area contributed by atoms with E-state index in [1.54, 1.807) is 23.7 Å². The molecule has 134 valence electrons. The molecule has 1 aromatic carbocycles. The van der Waals surface area contributed by atoms with Gasteiger partial charge in [-0.05, 0) is 31.0 Å². The van der Waals surface area contributed by atoms with Crippen molar-refractivity contribution in [2.75, 3.05) is 23.7 Å². The van der Waals surface area contributed by atoms with Crippen LogP contribution in [0.1, 0.15) is 12.8 Å². The highest BCUT2D eigenvalue weighted by molar-refractivity contribution is 8.01. The fourth-order valence-electron chi connectivity index (χ4n) is 2.99. The summed E-state index contributed by atoms with van der Waals surface area (Å²) in [6, 6.07) is 10.1. The highest BCUT2D eigenvalue weighted by Crippen LogP contribution is 2.29. The Balaban J connectivity index is 1.24. The number of hydrogen-bond acceptors (Lipinski definition) is 7. The molecule has 1 fully saturated rings. The van der Waals surface area contributed by atoms with Gasteiger partial charge in [0.2, 0.25) is 11.9 Å². The van der Waals surface area contributed by atoms with Crippen molar-refractivity contribution in [3.8, 4) is 0 Å². The van der Waals surface area contributed by atoms with Crippen molar-refractivity contribution in [1.29, 1.82) is 0 Å². The van der Waals surface area contributed by atoms with Crippen molar-refractivity contribution >= 4 is 45.2 Å². The van der Waals surface area contributed by atoms with Crippen molar-refractivity contribution in [2.24, 2.45) is 0 Å². The maximum atomic E-state index is 12.3. The van der Waals surface area contributed by atoms with E-state index < -0.39 is 0 Å². The van der Waals surface area contributed by atoms with Gasteiger partial charge >= 0.3 is 0 Å².